The van der Waals surface area contributed by atoms with Crippen LogP contribution in [0.4, 0.5) is 11.5 Å². The van der Waals surface area contributed by atoms with E-state index in [9.17, 15) is 18.5 Å². The Morgan fingerprint density at radius 2 is 1.86 bits per heavy atom. The molecule has 2 rings (SSSR count). The molecule has 8 nitrogen and oxygen atoms in total. The quantitative estimate of drug-likeness (QED) is 0.676. The lowest BCUT2D eigenvalue weighted by molar-refractivity contribution is -0.384. The Kier molecular flexibility index (Phi) is 3.82. The van der Waals surface area contributed by atoms with Crippen LogP contribution < -0.4 is 4.72 Å². The zero-order valence-corrected chi connectivity index (χ0v) is 11.2. The van der Waals surface area contributed by atoms with Gasteiger partial charge in [0.25, 0.3) is 15.7 Å². The number of sulfonamides is 1. The Labute approximate surface area is 119 Å². The summed E-state index contributed by atoms with van der Waals surface area (Å²) in [6.45, 7) is 0. The van der Waals surface area contributed by atoms with E-state index in [0.29, 0.717) is 5.56 Å². The van der Waals surface area contributed by atoms with Crippen LogP contribution >= 0.6 is 0 Å². The number of non-ortho nitro benzene ring substituents is 1. The van der Waals surface area contributed by atoms with Crippen LogP contribution in [0.5, 0.6) is 0 Å². The van der Waals surface area contributed by atoms with Gasteiger partial charge < -0.3 is 0 Å². The molecule has 0 bridgehead atoms. The first kappa shape index (κ1) is 14.4. The van der Waals surface area contributed by atoms with Crippen molar-refractivity contribution in [2.75, 3.05) is 4.72 Å². The van der Waals surface area contributed by atoms with Crippen molar-refractivity contribution < 1.29 is 13.3 Å². The van der Waals surface area contributed by atoms with Gasteiger partial charge in [0.05, 0.1) is 15.4 Å². The molecule has 1 N–H and O–H groups in total. The molecule has 0 radical (unpaired) electrons. The molecule has 0 unspecified atom stereocenters. The van der Waals surface area contributed by atoms with E-state index in [1.807, 2.05) is 6.07 Å². The standard InChI is InChI=1S/C12H8N4O4S/c13-7-9-1-6-12(14-8-9)15-21(19,20)11-4-2-10(3-5-11)16(17)18/h1-6,8H,(H,14,15). The number of hydrogen-bond donors (Lipinski definition) is 1. The molecule has 2 aromatic rings. The molecule has 0 atom stereocenters. The number of nitriles is 1. The van der Waals surface area contributed by atoms with Crippen LogP contribution in [0.15, 0.2) is 47.5 Å². The van der Waals surface area contributed by atoms with Crippen molar-refractivity contribution in [3.8, 4) is 6.07 Å². The maximum atomic E-state index is 12.1. The second-order valence-corrected chi connectivity index (χ2v) is 5.58. The number of anilines is 1. The maximum absolute atomic E-state index is 12.1. The number of nitrogens with one attached hydrogen (secondary N) is 1. The lowest BCUT2D eigenvalue weighted by Crippen LogP contribution is -2.13. The highest BCUT2D eigenvalue weighted by atomic mass is 32.2. The van der Waals surface area contributed by atoms with Gasteiger partial charge in [-0.25, -0.2) is 13.4 Å². The van der Waals surface area contributed by atoms with Gasteiger partial charge in [-0.05, 0) is 24.3 Å². The SMILES string of the molecule is N#Cc1ccc(NS(=O)(=O)c2ccc([N+](=O)[O-])cc2)nc1. The summed E-state index contributed by atoms with van der Waals surface area (Å²) < 4.78 is 26.3. The van der Waals surface area contributed by atoms with Gasteiger partial charge >= 0.3 is 0 Å². The minimum Gasteiger partial charge on any atom is -0.263 e. The molecular formula is C12H8N4O4S. The third kappa shape index (κ3) is 3.31. The van der Waals surface area contributed by atoms with Crippen LogP contribution in [0, 0.1) is 21.4 Å². The smallest absolute Gasteiger partial charge is 0.263 e. The maximum Gasteiger partial charge on any atom is 0.269 e. The van der Waals surface area contributed by atoms with E-state index in [4.69, 9.17) is 5.26 Å². The van der Waals surface area contributed by atoms with E-state index in [2.05, 4.69) is 9.71 Å². The van der Waals surface area contributed by atoms with Crippen molar-refractivity contribution in [1.29, 1.82) is 5.26 Å². The third-order valence-corrected chi connectivity index (χ3v) is 3.86. The number of hydrogen-bond acceptors (Lipinski definition) is 6. The Hall–Kier alpha value is -2.99. The molecule has 1 aromatic carbocycles. The van der Waals surface area contributed by atoms with E-state index >= 15 is 0 Å². The number of benzene rings is 1. The highest BCUT2D eigenvalue weighted by Gasteiger charge is 2.16. The largest absolute Gasteiger partial charge is 0.269 e. The second-order valence-electron chi connectivity index (χ2n) is 3.90. The van der Waals surface area contributed by atoms with Crippen molar-refractivity contribution in [2.24, 2.45) is 0 Å². The number of pyridine rings is 1. The van der Waals surface area contributed by atoms with Gasteiger partial charge in [-0.1, -0.05) is 0 Å². The number of rotatable bonds is 4. The predicted molar refractivity (Wildman–Crippen MR) is 72.9 cm³/mol. The van der Waals surface area contributed by atoms with Crippen molar-refractivity contribution in [2.45, 2.75) is 4.90 Å². The minimum absolute atomic E-state index is 0.0485. The lowest BCUT2D eigenvalue weighted by atomic mass is 10.3. The molecular weight excluding hydrogens is 296 g/mol. The fraction of sp³-hybridized carbons (Fsp3) is 0. The van der Waals surface area contributed by atoms with Gasteiger partial charge in [-0.2, -0.15) is 5.26 Å². The minimum atomic E-state index is -3.89. The highest BCUT2D eigenvalue weighted by molar-refractivity contribution is 7.92. The van der Waals surface area contributed by atoms with E-state index in [-0.39, 0.29) is 16.4 Å². The van der Waals surface area contributed by atoms with E-state index in [1.165, 1.54) is 18.3 Å². The highest BCUT2D eigenvalue weighted by Crippen LogP contribution is 2.18. The van der Waals surface area contributed by atoms with Gasteiger partial charge in [0, 0.05) is 18.3 Å². The summed E-state index contributed by atoms with van der Waals surface area (Å²) in [6.07, 6.45) is 1.23. The van der Waals surface area contributed by atoms with Crippen molar-refractivity contribution in [3.63, 3.8) is 0 Å². The lowest BCUT2D eigenvalue weighted by Gasteiger charge is -2.06. The molecule has 0 saturated carbocycles. The first-order valence-electron chi connectivity index (χ1n) is 5.56. The molecule has 1 heterocycles. The number of nitro benzene ring substituents is 1. The van der Waals surface area contributed by atoms with E-state index in [1.54, 1.807) is 0 Å². The van der Waals surface area contributed by atoms with Gasteiger partial charge in [0.15, 0.2) is 0 Å². The summed E-state index contributed by atoms with van der Waals surface area (Å²) in [6, 6.07) is 9.08. The van der Waals surface area contributed by atoms with Crippen LogP contribution in [0.25, 0.3) is 0 Å². The van der Waals surface area contributed by atoms with Crippen LogP contribution in [-0.2, 0) is 10.0 Å². The molecule has 0 aliphatic carbocycles. The van der Waals surface area contributed by atoms with Crippen molar-refractivity contribution >= 4 is 21.5 Å². The van der Waals surface area contributed by atoms with Crippen LogP contribution in [0.3, 0.4) is 0 Å². The molecule has 0 saturated heterocycles. The second kappa shape index (κ2) is 5.56. The van der Waals surface area contributed by atoms with E-state index in [0.717, 1.165) is 24.3 Å². The monoisotopic (exact) mass is 304 g/mol. The van der Waals surface area contributed by atoms with Crippen molar-refractivity contribution in [3.05, 3.63) is 58.3 Å². The molecule has 0 amide bonds. The van der Waals surface area contributed by atoms with E-state index < -0.39 is 14.9 Å². The molecule has 0 aliphatic heterocycles. The summed E-state index contributed by atoms with van der Waals surface area (Å²) >= 11 is 0. The predicted octanol–water partition coefficient (Wildman–Crippen LogP) is 1.66. The fourth-order valence-electron chi connectivity index (χ4n) is 1.46. The number of aromatic nitrogens is 1. The van der Waals surface area contributed by atoms with Gasteiger partial charge in [0.1, 0.15) is 11.9 Å². The molecule has 106 valence electrons. The van der Waals surface area contributed by atoms with Crippen LogP contribution in [-0.4, -0.2) is 18.3 Å². The Bertz CT molecular complexity index is 808. The Morgan fingerprint density at radius 3 is 2.33 bits per heavy atom. The topological polar surface area (TPSA) is 126 Å². The molecule has 0 fully saturated rings. The van der Waals surface area contributed by atoms with Crippen molar-refractivity contribution in [1.82, 2.24) is 4.98 Å². The summed E-state index contributed by atoms with van der Waals surface area (Å²) in [5, 5.41) is 19.1. The molecule has 0 spiro atoms. The summed E-state index contributed by atoms with van der Waals surface area (Å²) in [5.41, 5.74) is 0.0960. The number of nitro groups is 1. The zero-order chi connectivity index (χ0) is 15.5. The normalized spacial score (nSPS) is 10.6. The Balaban J connectivity index is 2.25. The summed E-state index contributed by atoms with van der Waals surface area (Å²) in [4.78, 5) is 13.6. The zero-order valence-electron chi connectivity index (χ0n) is 10.4. The molecule has 9 heteroatoms. The fourth-order valence-corrected chi connectivity index (χ4v) is 2.47. The van der Waals surface area contributed by atoms with Crippen LogP contribution in [0.1, 0.15) is 5.56 Å². The van der Waals surface area contributed by atoms with Gasteiger partial charge in [0.2, 0.25) is 0 Å². The molecule has 1 aromatic heterocycles. The summed E-state index contributed by atoms with van der Waals surface area (Å²) in [5.74, 6) is 0.0485. The van der Waals surface area contributed by atoms with Gasteiger partial charge in [-0.15, -0.1) is 0 Å². The summed E-state index contributed by atoms with van der Waals surface area (Å²) in [7, 11) is -3.89. The number of nitrogens with zero attached hydrogens (tertiary/aromatic N) is 3. The first-order valence-corrected chi connectivity index (χ1v) is 7.04. The van der Waals surface area contributed by atoms with Gasteiger partial charge in [-0.3, -0.25) is 14.8 Å². The first-order chi connectivity index (χ1) is 9.92. The average molecular weight is 304 g/mol. The Morgan fingerprint density at radius 1 is 1.19 bits per heavy atom. The average Bonchev–Trinajstić information content (AvgIpc) is 2.48. The van der Waals surface area contributed by atoms with Crippen LogP contribution in [0.2, 0.25) is 0 Å². The molecule has 21 heavy (non-hydrogen) atoms. The molecule has 0 aliphatic rings. The third-order valence-electron chi connectivity index (χ3n) is 2.49.